The van der Waals surface area contributed by atoms with E-state index in [0.717, 1.165) is 0 Å². The lowest BCUT2D eigenvalue weighted by Crippen LogP contribution is -2.13. The van der Waals surface area contributed by atoms with E-state index in [4.69, 9.17) is 25.5 Å². The summed E-state index contributed by atoms with van der Waals surface area (Å²) in [5, 5.41) is 8.49. The van der Waals surface area contributed by atoms with E-state index in [1.165, 1.54) is 11.8 Å². The first-order chi connectivity index (χ1) is 13.0. The van der Waals surface area contributed by atoms with E-state index >= 15 is 0 Å². The monoisotopic (exact) mass is 404 g/mol. The molecule has 0 radical (unpaired) electrons. The average molecular weight is 405 g/mol. The van der Waals surface area contributed by atoms with Crippen molar-refractivity contribution in [3.63, 3.8) is 0 Å². The summed E-state index contributed by atoms with van der Waals surface area (Å²) in [6.07, 6.45) is 0. The minimum absolute atomic E-state index is 0.0655. The molecule has 0 saturated carbocycles. The molecule has 0 fully saturated rings. The second kappa shape index (κ2) is 8.45. The Morgan fingerprint density at radius 1 is 1.15 bits per heavy atom. The van der Waals surface area contributed by atoms with Crippen LogP contribution in [0, 0.1) is 0 Å². The molecule has 0 aliphatic heterocycles. The van der Waals surface area contributed by atoms with Crippen LogP contribution in [-0.2, 0) is 0 Å². The number of methoxy groups -OCH3 is 2. The van der Waals surface area contributed by atoms with Gasteiger partial charge in [-0.2, -0.15) is 0 Å². The van der Waals surface area contributed by atoms with Crippen LogP contribution >= 0.6 is 23.4 Å². The number of thioether (sulfide) groups is 1. The van der Waals surface area contributed by atoms with Gasteiger partial charge in [-0.05, 0) is 31.2 Å². The summed E-state index contributed by atoms with van der Waals surface area (Å²) < 4.78 is 16.3. The van der Waals surface area contributed by atoms with Crippen LogP contribution in [0.25, 0.3) is 11.5 Å². The fourth-order valence-electron chi connectivity index (χ4n) is 2.42. The number of nitrogens with zero attached hydrogens (tertiary/aromatic N) is 2. The SMILES string of the molecule is COc1ccc(-c2nnc(S[C@H](C)C(=O)c3cccc(Cl)c3)o2)c(OC)c1. The predicted molar refractivity (Wildman–Crippen MR) is 104 cm³/mol. The maximum atomic E-state index is 12.5. The van der Waals surface area contributed by atoms with Crippen molar-refractivity contribution in [2.24, 2.45) is 0 Å². The van der Waals surface area contributed by atoms with Crippen molar-refractivity contribution < 1.29 is 18.7 Å². The number of rotatable bonds is 7. The van der Waals surface area contributed by atoms with Gasteiger partial charge < -0.3 is 13.9 Å². The third kappa shape index (κ3) is 4.43. The number of hydrogen-bond acceptors (Lipinski definition) is 7. The third-order valence-corrected chi connectivity index (χ3v) is 4.97. The molecule has 1 heterocycles. The number of carbonyl (C=O) groups excluding carboxylic acids is 1. The van der Waals surface area contributed by atoms with Gasteiger partial charge in [-0.3, -0.25) is 4.79 Å². The number of benzene rings is 2. The molecule has 0 spiro atoms. The second-order valence-electron chi connectivity index (χ2n) is 5.57. The standard InChI is InChI=1S/C19H17ClN2O4S/c1-11(17(23)12-5-4-6-13(20)9-12)27-19-22-21-18(26-19)15-8-7-14(24-2)10-16(15)25-3/h4-11H,1-3H3/t11-/m1/s1. The van der Waals surface area contributed by atoms with E-state index in [1.54, 1.807) is 63.6 Å². The zero-order chi connectivity index (χ0) is 19.4. The number of ether oxygens (including phenoxy) is 2. The molecule has 1 aromatic heterocycles. The lowest BCUT2D eigenvalue weighted by Gasteiger charge is -2.08. The van der Waals surface area contributed by atoms with E-state index in [0.29, 0.717) is 38.8 Å². The number of ketones is 1. The molecule has 2 aromatic carbocycles. The normalized spacial score (nSPS) is 11.9. The van der Waals surface area contributed by atoms with Gasteiger partial charge in [-0.1, -0.05) is 35.5 Å². The average Bonchev–Trinajstić information content (AvgIpc) is 3.14. The highest BCUT2D eigenvalue weighted by Crippen LogP contribution is 2.34. The first kappa shape index (κ1) is 19.3. The summed E-state index contributed by atoms with van der Waals surface area (Å²) in [7, 11) is 3.13. The fraction of sp³-hybridized carbons (Fsp3) is 0.211. The second-order valence-corrected chi connectivity index (χ2v) is 7.30. The zero-order valence-electron chi connectivity index (χ0n) is 14.9. The van der Waals surface area contributed by atoms with Gasteiger partial charge in [0, 0.05) is 16.7 Å². The number of aromatic nitrogens is 2. The Labute approximate surface area is 165 Å². The van der Waals surface area contributed by atoms with Gasteiger partial charge in [0.25, 0.3) is 11.1 Å². The molecular weight excluding hydrogens is 388 g/mol. The van der Waals surface area contributed by atoms with Crippen LogP contribution < -0.4 is 9.47 Å². The van der Waals surface area contributed by atoms with Crippen LogP contribution in [0.2, 0.25) is 5.02 Å². The number of Topliss-reactive ketones (excluding diaryl/α,β-unsaturated/α-hetero) is 1. The summed E-state index contributed by atoms with van der Waals surface area (Å²) in [5.74, 6) is 1.45. The van der Waals surface area contributed by atoms with Gasteiger partial charge in [0.05, 0.1) is 25.0 Å². The van der Waals surface area contributed by atoms with E-state index in [9.17, 15) is 4.79 Å². The van der Waals surface area contributed by atoms with Crippen LogP contribution in [0.3, 0.4) is 0 Å². The third-order valence-electron chi connectivity index (χ3n) is 3.80. The first-order valence-electron chi connectivity index (χ1n) is 8.04. The molecule has 0 aliphatic carbocycles. The smallest absolute Gasteiger partial charge is 0.277 e. The molecule has 6 nitrogen and oxygen atoms in total. The summed E-state index contributed by atoms with van der Waals surface area (Å²) in [4.78, 5) is 12.5. The van der Waals surface area contributed by atoms with Crippen molar-refractivity contribution in [2.75, 3.05) is 14.2 Å². The van der Waals surface area contributed by atoms with Crippen molar-refractivity contribution in [2.45, 2.75) is 17.4 Å². The van der Waals surface area contributed by atoms with E-state index < -0.39 is 5.25 Å². The molecule has 0 aliphatic rings. The molecule has 0 saturated heterocycles. The summed E-state index contributed by atoms with van der Waals surface area (Å²) in [6, 6.07) is 12.1. The number of halogens is 1. The Bertz CT molecular complexity index is 960. The summed E-state index contributed by atoms with van der Waals surface area (Å²) >= 11 is 7.15. The lowest BCUT2D eigenvalue weighted by molar-refractivity contribution is 0.0993. The highest BCUT2D eigenvalue weighted by Gasteiger charge is 2.21. The van der Waals surface area contributed by atoms with Crippen LogP contribution in [0.4, 0.5) is 0 Å². The van der Waals surface area contributed by atoms with Gasteiger partial charge in [0.15, 0.2) is 5.78 Å². The predicted octanol–water partition coefficient (Wildman–Crippen LogP) is 4.77. The molecule has 27 heavy (non-hydrogen) atoms. The lowest BCUT2D eigenvalue weighted by atomic mass is 10.1. The summed E-state index contributed by atoms with van der Waals surface area (Å²) in [5.41, 5.74) is 1.19. The Morgan fingerprint density at radius 3 is 2.67 bits per heavy atom. The first-order valence-corrected chi connectivity index (χ1v) is 9.30. The van der Waals surface area contributed by atoms with Gasteiger partial charge >= 0.3 is 0 Å². The van der Waals surface area contributed by atoms with E-state index in [1.807, 2.05) is 0 Å². The molecule has 8 heteroatoms. The largest absolute Gasteiger partial charge is 0.497 e. The summed E-state index contributed by atoms with van der Waals surface area (Å²) in [6.45, 7) is 1.78. The van der Waals surface area contributed by atoms with Crippen molar-refractivity contribution in [3.8, 4) is 23.0 Å². The van der Waals surface area contributed by atoms with Gasteiger partial charge in [-0.25, -0.2) is 0 Å². The number of hydrogen-bond donors (Lipinski definition) is 0. The zero-order valence-corrected chi connectivity index (χ0v) is 16.5. The van der Waals surface area contributed by atoms with Crippen molar-refractivity contribution >= 4 is 29.1 Å². The molecule has 0 N–H and O–H groups in total. The molecule has 140 valence electrons. The Balaban J connectivity index is 1.77. The van der Waals surface area contributed by atoms with Crippen LogP contribution in [-0.4, -0.2) is 35.5 Å². The highest BCUT2D eigenvalue weighted by atomic mass is 35.5. The van der Waals surface area contributed by atoms with Crippen LogP contribution in [0.15, 0.2) is 52.1 Å². The molecule has 0 bridgehead atoms. The molecule has 3 aromatic rings. The quantitative estimate of drug-likeness (QED) is 0.414. The van der Waals surface area contributed by atoms with Crippen molar-refractivity contribution in [1.82, 2.24) is 10.2 Å². The molecule has 1 atom stereocenters. The molecule has 0 unspecified atom stereocenters. The minimum atomic E-state index is -0.408. The Hall–Kier alpha value is -2.51. The molecule has 3 rings (SSSR count). The maximum Gasteiger partial charge on any atom is 0.277 e. The van der Waals surface area contributed by atoms with Gasteiger partial charge in [-0.15, -0.1) is 10.2 Å². The Kier molecular flexibility index (Phi) is 6.03. The Morgan fingerprint density at radius 2 is 1.96 bits per heavy atom. The van der Waals surface area contributed by atoms with E-state index in [2.05, 4.69) is 10.2 Å². The number of carbonyl (C=O) groups is 1. The van der Waals surface area contributed by atoms with Crippen LogP contribution in [0.5, 0.6) is 11.5 Å². The van der Waals surface area contributed by atoms with Crippen molar-refractivity contribution in [3.05, 3.63) is 53.1 Å². The maximum absolute atomic E-state index is 12.5. The fourth-order valence-corrected chi connectivity index (χ4v) is 3.37. The molecule has 0 amide bonds. The van der Waals surface area contributed by atoms with Gasteiger partial charge in [0.2, 0.25) is 0 Å². The minimum Gasteiger partial charge on any atom is -0.497 e. The topological polar surface area (TPSA) is 74.5 Å². The van der Waals surface area contributed by atoms with Crippen LogP contribution in [0.1, 0.15) is 17.3 Å². The molecular formula is C19H17ClN2O4S. The highest BCUT2D eigenvalue weighted by molar-refractivity contribution is 8.00. The van der Waals surface area contributed by atoms with Crippen molar-refractivity contribution in [1.29, 1.82) is 0 Å². The van der Waals surface area contributed by atoms with E-state index in [-0.39, 0.29) is 5.78 Å². The van der Waals surface area contributed by atoms with Gasteiger partial charge in [0.1, 0.15) is 11.5 Å².